The molecule has 0 bridgehead atoms. The van der Waals surface area contributed by atoms with Crippen LogP contribution in [0.3, 0.4) is 0 Å². The first-order valence-electron chi connectivity index (χ1n) is 5.32. The highest BCUT2D eigenvalue weighted by Gasteiger charge is 2.33. The van der Waals surface area contributed by atoms with Gasteiger partial charge in [0.15, 0.2) is 0 Å². The summed E-state index contributed by atoms with van der Waals surface area (Å²) >= 11 is 1.82. The molecule has 1 unspecified atom stereocenters. The van der Waals surface area contributed by atoms with Crippen LogP contribution in [-0.2, 0) is 5.60 Å². The molecule has 3 N–H and O–H groups in total. The van der Waals surface area contributed by atoms with E-state index in [4.69, 9.17) is 5.73 Å². The average molecular weight is 223 g/mol. The van der Waals surface area contributed by atoms with Gasteiger partial charge in [0.05, 0.1) is 5.60 Å². The monoisotopic (exact) mass is 223 g/mol. The third-order valence-electron chi connectivity index (χ3n) is 2.97. The number of aliphatic hydroxyl groups is 1. The van der Waals surface area contributed by atoms with Crippen molar-refractivity contribution in [2.24, 2.45) is 5.73 Å². The fourth-order valence-corrected chi connectivity index (χ4v) is 3.32. The Hall–Kier alpha value is -0.510. The third kappa shape index (κ3) is 2.05. The second-order valence-electron chi connectivity index (χ2n) is 4.17. The van der Waals surface area contributed by atoms with Gasteiger partial charge < -0.3 is 10.8 Å². The minimum atomic E-state index is -0.693. The van der Waals surface area contributed by atoms with Crippen molar-refractivity contribution in [3.05, 3.63) is 29.3 Å². The molecule has 2 nitrogen and oxygen atoms in total. The first-order chi connectivity index (χ1) is 7.15. The fourth-order valence-electron chi connectivity index (χ4n) is 2.10. The summed E-state index contributed by atoms with van der Waals surface area (Å²) in [6.07, 6.45) is 1.47. The second kappa shape index (κ2) is 4.16. The van der Waals surface area contributed by atoms with E-state index in [1.54, 1.807) is 0 Å². The van der Waals surface area contributed by atoms with Crippen LogP contribution >= 0.6 is 11.8 Å². The molecule has 1 aromatic rings. The van der Waals surface area contributed by atoms with E-state index >= 15 is 0 Å². The van der Waals surface area contributed by atoms with E-state index in [1.807, 2.05) is 11.8 Å². The number of nitrogens with two attached hydrogens (primary N) is 1. The van der Waals surface area contributed by atoms with Gasteiger partial charge in [0.1, 0.15) is 0 Å². The molecule has 1 aliphatic heterocycles. The Morgan fingerprint density at radius 3 is 3.07 bits per heavy atom. The van der Waals surface area contributed by atoms with Crippen LogP contribution in [0.25, 0.3) is 0 Å². The molecule has 2 rings (SSSR count). The summed E-state index contributed by atoms with van der Waals surface area (Å²) in [6.45, 7) is 2.59. The van der Waals surface area contributed by atoms with Crippen molar-refractivity contribution < 1.29 is 5.11 Å². The molecule has 0 radical (unpaired) electrons. The summed E-state index contributed by atoms with van der Waals surface area (Å²) in [5.41, 5.74) is 7.15. The van der Waals surface area contributed by atoms with Crippen LogP contribution in [0.2, 0.25) is 0 Å². The number of rotatable bonds is 2. The molecule has 15 heavy (non-hydrogen) atoms. The zero-order valence-corrected chi connectivity index (χ0v) is 9.81. The first-order valence-corrected chi connectivity index (χ1v) is 6.31. The van der Waals surface area contributed by atoms with E-state index in [9.17, 15) is 5.11 Å². The van der Waals surface area contributed by atoms with Gasteiger partial charge >= 0.3 is 0 Å². The molecule has 1 aliphatic rings. The zero-order chi connectivity index (χ0) is 10.9. The van der Waals surface area contributed by atoms with Gasteiger partial charge in [0.2, 0.25) is 0 Å². The number of hydrogen-bond acceptors (Lipinski definition) is 3. The second-order valence-corrected chi connectivity index (χ2v) is 5.31. The van der Waals surface area contributed by atoms with E-state index in [0.717, 1.165) is 17.7 Å². The quantitative estimate of drug-likeness (QED) is 0.806. The molecule has 3 heteroatoms. The maximum absolute atomic E-state index is 10.6. The lowest BCUT2D eigenvalue weighted by atomic mass is 9.86. The van der Waals surface area contributed by atoms with Gasteiger partial charge in [-0.05, 0) is 37.9 Å². The zero-order valence-electron chi connectivity index (χ0n) is 8.99. The topological polar surface area (TPSA) is 46.2 Å². The normalized spacial score (nSPS) is 25.0. The van der Waals surface area contributed by atoms with Crippen LogP contribution in [0.4, 0.5) is 0 Å². The number of aryl methyl sites for hydroxylation is 1. The predicted molar refractivity (Wildman–Crippen MR) is 64.1 cm³/mol. The van der Waals surface area contributed by atoms with Crippen LogP contribution in [0, 0.1) is 6.92 Å². The van der Waals surface area contributed by atoms with Gasteiger partial charge in [0, 0.05) is 10.6 Å². The van der Waals surface area contributed by atoms with Gasteiger partial charge in [-0.2, -0.15) is 0 Å². The van der Waals surface area contributed by atoms with Gasteiger partial charge in [-0.1, -0.05) is 17.7 Å². The maximum Gasteiger partial charge on any atom is 0.0927 e. The van der Waals surface area contributed by atoms with Crippen LogP contribution in [0.15, 0.2) is 23.1 Å². The van der Waals surface area contributed by atoms with Gasteiger partial charge in [-0.25, -0.2) is 0 Å². The van der Waals surface area contributed by atoms with Crippen LogP contribution in [-0.4, -0.2) is 17.4 Å². The van der Waals surface area contributed by atoms with Gasteiger partial charge in [0.25, 0.3) is 0 Å². The van der Waals surface area contributed by atoms with Crippen molar-refractivity contribution >= 4 is 11.8 Å². The SMILES string of the molecule is Cc1ccc2c(c1)C(O)(CCN)CCS2. The van der Waals surface area contributed by atoms with Crippen molar-refractivity contribution in [2.45, 2.75) is 30.3 Å². The molecule has 0 saturated heterocycles. The molecule has 0 fully saturated rings. The molecule has 82 valence electrons. The van der Waals surface area contributed by atoms with E-state index in [2.05, 4.69) is 25.1 Å². The van der Waals surface area contributed by atoms with Crippen LogP contribution in [0.1, 0.15) is 24.0 Å². The lowest BCUT2D eigenvalue weighted by Crippen LogP contribution is -2.32. The summed E-state index contributed by atoms with van der Waals surface area (Å²) in [5, 5.41) is 10.6. The number of hydrogen-bond donors (Lipinski definition) is 2. The molecular weight excluding hydrogens is 206 g/mol. The van der Waals surface area contributed by atoms with Crippen molar-refractivity contribution in [1.29, 1.82) is 0 Å². The van der Waals surface area contributed by atoms with E-state index < -0.39 is 5.60 Å². The minimum Gasteiger partial charge on any atom is -0.385 e. The minimum absolute atomic E-state index is 0.536. The molecule has 0 spiro atoms. The highest BCUT2D eigenvalue weighted by molar-refractivity contribution is 7.99. The Bertz CT molecular complexity index is 367. The lowest BCUT2D eigenvalue weighted by Gasteiger charge is -2.34. The predicted octanol–water partition coefficient (Wildman–Crippen LogP) is 2.03. The van der Waals surface area contributed by atoms with Crippen molar-refractivity contribution in [3.63, 3.8) is 0 Å². The van der Waals surface area contributed by atoms with Crippen LogP contribution in [0.5, 0.6) is 0 Å². The van der Waals surface area contributed by atoms with E-state index in [0.29, 0.717) is 13.0 Å². The van der Waals surface area contributed by atoms with Crippen molar-refractivity contribution in [2.75, 3.05) is 12.3 Å². The molecule has 0 saturated carbocycles. The fraction of sp³-hybridized carbons (Fsp3) is 0.500. The van der Waals surface area contributed by atoms with E-state index in [1.165, 1.54) is 10.5 Å². The third-order valence-corrected chi connectivity index (χ3v) is 4.04. The Kier molecular flexibility index (Phi) is 3.05. The van der Waals surface area contributed by atoms with Gasteiger partial charge in [-0.3, -0.25) is 0 Å². The summed E-state index contributed by atoms with van der Waals surface area (Å²) in [6, 6.07) is 6.30. The Morgan fingerprint density at radius 2 is 2.33 bits per heavy atom. The van der Waals surface area contributed by atoms with E-state index in [-0.39, 0.29) is 0 Å². The molecular formula is C12H17NOS. The molecule has 1 aromatic carbocycles. The standard InChI is InChI=1S/C12H17NOS/c1-9-2-3-11-10(8-9)12(14,4-6-13)5-7-15-11/h2-3,8,14H,4-7,13H2,1H3. The van der Waals surface area contributed by atoms with Crippen molar-refractivity contribution in [3.8, 4) is 0 Å². The summed E-state index contributed by atoms with van der Waals surface area (Å²) in [4.78, 5) is 1.21. The molecule has 1 heterocycles. The van der Waals surface area contributed by atoms with Gasteiger partial charge in [-0.15, -0.1) is 11.8 Å². The lowest BCUT2D eigenvalue weighted by molar-refractivity contribution is 0.0227. The Morgan fingerprint density at radius 1 is 1.53 bits per heavy atom. The summed E-state index contributed by atoms with van der Waals surface area (Å²) < 4.78 is 0. The first kappa shape index (κ1) is 11.0. The number of fused-ring (bicyclic) bond motifs is 1. The molecule has 1 atom stereocenters. The van der Waals surface area contributed by atoms with Crippen LogP contribution < -0.4 is 5.73 Å². The number of thioether (sulfide) groups is 1. The maximum atomic E-state index is 10.6. The average Bonchev–Trinajstić information content (AvgIpc) is 2.20. The largest absolute Gasteiger partial charge is 0.385 e. The molecule has 0 amide bonds. The highest BCUT2D eigenvalue weighted by Crippen LogP contribution is 2.42. The highest BCUT2D eigenvalue weighted by atomic mass is 32.2. The smallest absolute Gasteiger partial charge is 0.0927 e. The Balaban J connectivity index is 2.44. The Labute approximate surface area is 94.9 Å². The summed E-state index contributed by atoms with van der Waals surface area (Å²) in [5.74, 6) is 0.979. The molecule has 0 aromatic heterocycles. The van der Waals surface area contributed by atoms with Crippen molar-refractivity contribution in [1.82, 2.24) is 0 Å². The summed E-state index contributed by atoms with van der Waals surface area (Å²) in [7, 11) is 0. The molecule has 0 aliphatic carbocycles. The number of benzene rings is 1.